The second-order valence-electron chi connectivity index (χ2n) is 3.24. The summed E-state index contributed by atoms with van der Waals surface area (Å²) in [4.78, 5) is 18.7. The third-order valence-electron chi connectivity index (χ3n) is 2.11. The van der Waals surface area contributed by atoms with E-state index in [4.69, 9.17) is 4.74 Å². The monoisotopic (exact) mass is 323 g/mol. The fraction of sp³-hybridized carbons (Fsp3) is 0.222. The van der Waals surface area contributed by atoms with Gasteiger partial charge in [-0.15, -0.1) is 0 Å². The zero-order valence-electron chi connectivity index (χ0n) is 8.82. The predicted molar refractivity (Wildman–Crippen MR) is 58.5 cm³/mol. The molecule has 2 heterocycles. The Hall–Kier alpha value is -1.64. The van der Waals surface area contributed by atoms with Crippen LogP contribution in [-0.2, 0) is 6.18 Å². The van der Waals surface area contributed by atoms with Gasteiger partial charge in [-0.25, -0.2) is 14.4 Å². The Morgan fingerprint density at radius 2 is 2.11 bits per heavy atom. The molecular formula is C9H5BrF3N3O2. The average Bonchev–Trinajstić information content (AvgIpc) is 2.32. The molecule has 0 spiro atoms. The fourth-order valence-electron chi connectivity index (χ4n) is 1.28. The van der Waals surface area contributed by atoms with Crippen molar-refractivity contribution in [1.29, 1.82) is 0 Å². The van der Waals surface area contributed by atoms with Crippen molar-refractivity contribution >= 4 is 21.7 Å². The van der Waals surface area contributed by atoms with Crippen LogP contribution in [0.4, 0.5) is 13.2 Å². The topological polar surface area (TPSA) is 56.5 Å². The molecule has 0 saturated carbocycles. The van der Waals surface area contributed by atoms with E-state index in [1.807, 2.05) is 0 Å². The van der Waals surface area contributed by atoms with Crippen molar-refractivity contribution in [3.05, 3.63) is 32.9 Å². The summed E-state index contributed by atoms with van der Waals surface area (Å²) in [6, 6.07) is 0. The van der Waals surface area contributed by atoms with Gasteiger partial charge in [0.05, 0.1) is 19.5 Å². The van der Waals surface area contributed by atoms with Gasteiger partial charge in [0.15, 0.2) is 11.4 Å². The lowest BCUT2D eigenvalue weighted by molar-refractivity contribution is -0.141. The van der Waals surface area contributed by atoms with Crippen LogP contribution in [-0.4, -0.2) is 21.5 Å². The van der Waals surface area contributed by atoms with Crippen molar-refractivity contribution < 1.29 is 17.9 Å². The maximum atomic E-state index is 12.6. The number of fused-ring (bicyclic) bond motifs is 1. The second-order valence-corrected chi connectivity index (χ2v) is 4.03. The molecule has 0 N–H and O–H groups in total. The average molecular weight is 324 g/mol. The molecule has 0 unspecified atom stereocenters. The maximum Gasteiger partial charge on any atom is 0.434 e. The molecule has 0 fully saturated rings. The zero-order valence-corrected chi connectivity index (χ0v) is 10.4. The van der Waals surface area contributed by atoms with Crippen LogP contribution in [0, 0.1) is 0 Å². The molecule has 0 aliphatic rings. The van der Waals surface area contributed by atoms with Gasteiger partial charge in [0, 0.05) is 0 Å². The molecule has 0 bridgehead atoms. The number of halogens is 4. The molecule has 0 saturated heterocycles. The van der Waals surface area contributed by atoms with Gasteiger partial charge in [0.1, 0.15) is 4.47 Å². The molecule has 2 rings (SSSR count). The highest BCUT2D eigenvalue weighted by atomic mass is 79.9. The van der Waals surface area contributed by atoms with Crippen LogP contribution in [0.25, 0.3) is 5.78 Å². The summed E-state index contributed by atoms with van der Waals surface area (Å²) in [5, 5.41) is 0. The quantitative estimate of drug-likeness (QED) is 0.804. The first-order chi connectivity index (χ1) is 8.34. The largest absolute Gasteiger partial charge is 0.494 e. The fourth-order valence-corrected chi connectivity index (χ4v) is 1.79. The van der Waals surface area contributed by atoms with E-state index in [1.54, 1.807) is 0 Å². The molecule has 96 valence electrons. The van der Waals surface area contributed by atoms with E-state index >= 15 is 0 Å². The number of alkyl halides is 3. The summed E-state index contributed by atoms with van der Waals surface area (Å²) in [5.41, 5.74) is -2.20. The van der Waals surface area contributed by atoms with Gasteiger partial charge in [-0.3, -0.25) is 4.79 Å². The molecule has 2 aromatic heterocycles. The summed E-state index contributed by atoms with van der Waals surface area (Å²) < 4.78 is 42.9. The number of hydrogen-bond donors (Lipinski definition) is 0. The van der Waals surface area contributed by atoms with Gasteiger partial charge in [-0.1, -0.05) is 0 Å². The zero-order chi connectivity index (χ0) is 13.5. The Kier molecular flexibility index (Phi) is 3.01. The number of rotatable bonds is 1. The lowest BCUT2D eigenvalue weighted by Gasteiger charge is -2.09. The third-order valence-corrected chi connectivity index (χ3v) is 2.82. The molecule has 5 nitrogen and oxygen atoms in total. The number of nitrogens with zero attached hydrogens (tertiary/aromatic N) is 3. The van der Waals surface area contributed by atoms with Crippen LogP contribution >= 0.6 is 15.9 Å². The molecule has 9 heteroatoms. The van der Waals surface area contributed by atoms with Crippen LogP contribution in [0.3, 0.4) is 0 Å². The second kappa shape index (κ2) is 4.23. The van der Waals surface area contributed by atoms with Crippen molar-refractivity contribution in [1.82, 2.24) is 14.4 Å². The molecular weight excluding hydrogens is 319 g/mol. The lowest BCUT2D eigenvalue weighted by atomic mass is 10.4. The Balaban J connectivity index is 2.83. The molecule has 18 heavy (non-hydrogen) atoms. The first-order valence-corrected chi connectivity index (χ1v) is 5.33. The van der Waals surface area contributed by atoms with E-state index in [-0.39, 0.29) is 11.5 Å². The Morgan fingerprint density at radius 3 is 2.67 bits per heavy atom. The van der Waals surface area contributed by atoms with Gasteiger partial charge in [0.2, 0.25) is 5.78 Å². The van der Waals surface area contributed by atoms with Crippen molar-refractivity contribution in [2.45, 2.75) is 6.18 Å². The van der Waals surface area contributed by atoms with E-state index in [2.05, 4.69) is 25.9 Å². The van der Waals surface area contributed by atoms with Crippen LogP contribution < -0.4 is 10.3 Å². The first kappa shape index (κ1) is 12.8. The van der Waals surface area contributed by atoms with Crippen LogP contribution in [0.2, 0.25) is 0 Å². The SMILES string of the molecule is COc1cnc2nc(C(F)(F)F)c(Br)c(=O)n2c1. The van der Waals surface area contributed by atoms with Gasteiger partial charge >= 0.3 is 6.18 Å². The molecule has 0 aliphatic carbocycles. The molecule has 0 aliphatic heterocycles. The van der Waals surface area contributed by atoms with Gasteiger partial charge in [-0.05, 0) is 15.9 Å². The van der Waals surface area contributed by atoms with Gasteiger partial charge < -0.3 is 4.74 Å². The number of hydrogen-bond acceptors (Lipinski definition) is 4. The molecule has 0 aromatic carbocycles. The minimum absolute atomic E-state index is 0.234. The lowest BCUT2D eigenvalue weighted by Crippen LogP contribution is -2.23. The van der Waals surface area contributed by atoms with Crippen LogP contribution in [0.15, 0.2) is 21.7 Å². The van der Waals surface area contributed by atoms with Gasteiger partial charge in [-0.2, -0.15) is 13.2 Å². The summed E-state index contributed by atoms with van der Waals surface area (Å²) >= 11 is 2.60. The Morgan fingerprint density at radius 1 is 1.44 bits per heavy atom. The highest BCUT2D eigenvalue weighted by molar-refractivity contribution is 9.10. The molecule has 2 aromatic rings. The first-order valence-electron chi connectivity index (χ1n) is 4.53. The van der Waals surface area contributed by atoms with Crippen molar-refractivity contribution in [2.24, 2.45) is 0 Å². The highest BCUT2D eigenvalue weighted by Crippen LogP contribution is 2.31. The number of methoxy groups -OCH3 is 1. The van der Waals surface area contributed by atoms with Crippen LogP contribution in [0.5, 0.6) is 5.75 Å². The number of aromatic nitrogens is 3. The van der Waals surface area contributed by atoms with E-state index in [9.17, 15) is 18.0 Å². The molecule has 0 radical (unpaired) electrons. The van der Waals surface area contributed by atoms with E-state index < -0.39 is 21.9 Å². The molecule has 0 atom stereocenters. The van der Waals surface area contributed by atoms with E-state index in [0.717, 1.165) is 4.40 Å². The summed E-state index contributed by atoms with van der Waals surface area (Å²) in [6.45, 7) is 0. The Bertz CT molecular complexity index is 668. The van der Waals surface area contributed by atoms with Crippen molar-refractivity contribution in [2.75, 3.05) is 7.11 Å². The van der Waals surface area contributed by atoms with E-state index in [1.165, 1.54) is 19.5 Å². The van der Waals surface area contributed by atoms with Gasteiger partial charge in [0.25, 0.3) is 5.56 Å². The minimum Gasteiger partial charge on any atom is -0.494 e. The summed E-state index contributed by atoms with van der Waals surface area (Å²) in [7, 11) is 1.35. The smallest absolute Gasteiger partial charge is 0.434 e. The maximum absolute atomic E-state index is 12.6. The molecule has 0 amide bonds. The predicted octanol–water partition coefficient (Wildman–Crippen LogP) is 1.88. The normalized spacial score (nSPS) is 11.8. The summed E-state index contributed by atoms with van der Waals surface area (Å²) in [6.07, 6.45) is -2.34. The van der Waals surface area contributed by atoms with Crippen molar-refractivity contribution in [3.63, 3.8) is 0 Å². The van der Waals surface area contributed by atoms with E-state index in [0.29, 0.717) is 0 Å². The summed E-state index contributed by atoms with van der Waals surface area (Å²) in [5.74, 6) is -0.116. The minimum atomic E-state index is -4.73. The third kappa shape index (κ3) is 2.05. The standard InChI is InChI=1S/C9H5BrF3N3O2/c1-18-4-2-14-8-15-6(9(11,12)13)5(10)7(17)16(8)3-4/h2-3H,1H3. The van der Waals surface area contributed by atoms with Crippen LogP contribution in [0.1, 0.15) is 5.69 Å². The van der Waals surface area contributed by atoms with Crippen molar-refractivity contribution in [3.8, 4) is 5.75 Å². The Labute approximate surface area is 106 Å². The highest BCUT2D eigenvalue weighted by Gasteiger charge is 2.37. The number of ether oxygens (including phenoxy) is 1.